The summed E-state index contributed by atoms with van der Waals surface area (Å²) in [6.07, 6.45) is 0. The van der Waals surface area contributed by atoms with Crippen LogP contribution < -0.4 is 21.3 Å². The first-order valence-electron chi connectivity index (χ1n) is 11.2. The van der Waals surface area contributed by atoms with Crippen LogP contribution in [-0.2, 0) is 39.3 Å². The predicted molar refractivity (Wildman–Crippen MR) is 156 cm³/mol. The zero-order valence-corrected chi connectivity index (χ0v) is 27.0. The minimum Gasteiger partial charge on any atom is -0.480 e. The fourth-order valence-electron chi connectivity index (χ4n) is 1.91. The van der Waals surface area contributed by atoms with Gasteiger partial charge in [-0.2, -0.15) is 50.5 Å². The van der Waals surface area contributed by atoms with Crippen LogP contribution in [0.4, 0.5) is 0 Å². The summed E-state index contributed by atoms with van der Waals surface area (Å²) in [5, 5.41) is 44.6. The maximum atomic E-state index is 10.2. The largest absolute Gasteiger partial charge is 0.480 e. The summed E-state index contributed by atoms with van der Waals surface area (Å²) in [5.41, 5.74) is 0. The van der Waals surface area contributed by atoms with E-state index in [2.05, 4.69) is 71.8 Å². The topological polar surface area (TPSA) is 197 Å². The van der Waals surface area contributed by atoms with Crippen molar-refractivity contribution >= 4 is 74.4 Å². The molecule has 0 saturated heterocycles. The van der Waals surface area contributed by atoms with Crippen molar-refractivity contribution in [2.24, 2.45) is 0 Å². The Morgan fingerprint density at radius 2 is 0.622 bits per heavy atom. The summed E-state index contributed by atoms with van der Waals surface area (Å²) < 4.78 is 0. The van der Waals surface area contributed by atoms with E-state index in [1.807, 2.05) is 27.7 Å². The van der Waals surface area contributed by atoms with Gasteiger partial charge in [-0.3, -0.25) is 19.2 Å². The molecule has 8 N–H and O–H groups in total. The van der Waals surface area contributed by atoms with Crippen LogP contribution in [0.2, 0.25) is 0 Å². The average Bonchev–Trinajstić information content (AvgIpc) is 2.83. The third-order valence-electron chi connectivity index (χ3n) is 3.72. The van der Waals surface area contributed by atoms with E-state index in [4.69, 9.17) is 20.4 Å². The van der Waals surface area contributed by atoms with Gasteiger partial charge in [0.1, 0.15) is 24.2 Å². The third kappa shape index (κ3) is 31.9. The average molecular weight is 695 g/mol. The molecule has 37 heavy (non-hydrogen) atoms. The minimum absolute atomic E-state index is 0. The summed E-state index contributed by atoms with van der Waals surface area (Å²) in [5.74, 6) is -2.02. The maximum absolute atomic E-state index is 10.2. The number of likely N-dealkylation sites (N-methyl/N-ethyl adjacent to an activating group) is 4. The van der Waals surface area contributed by atoms with E-state index in [0.717, 1.165) is 0 Å². The molecule has 0 bridgehead atoms. The number of rotatable bonds is 16. The summed E-state index contributed by atoms with van der Waals surface area (Å²) in [6, 6.07) is -2.01. The van der Waals surface area contributed by atoms with Crippen LogP contribution in [0.15, 0.2) is 0 Å². The Labute approximate surface area is 255 Å². The summed E-state index contributed by atoms with van der Waals surface area (Å²) >= 11 is 15.4. The maximum Gasteiger partial charge on any atom is 0.321 e. The molecular weight excluding hydrogens is 651 g/mol. The van der Waals surface area contributed by atoms with Crippen molar-refractivity contribution in [3.05, 3.63) is 0 Å². The summed E-state index contributed by atoms with van der Waals surface area (Å²) in [6.45, 7) is 10.1. The first-order chi connectivity index (χ1) is 16.9. The summed E-state index contributed by atoms with van der Waals surface area (Å²) in [7, 11) is 0. The molecule has 0 rings (SSSR count). The van der Waals surface area contributed by atoms with Gasteiger partial charge in [0.05, 0.1) is 0 Å². The SMILES string of the molecule is CCN[C@@H](CS)C(=O)O.CCN[C@@H](CS)C(=O)O.CCN[C@@H](CS)C(=O)O.CCN[C@@H](CS)C(=O)O.[Tc]. The van der Waals surface area contributed by atoms with Crippen LogP contribution in [0.5, 0.6) is 0 Å². The molecule has 0 saturated carbocycles. The van der Waals surface area contributed by atoms with Crippen LogP contribution >= 0.6 is 50.5 Å². The second-order valence-electron chi connectivity index (χ2n) is 6.52. The standard InChI is InChI=1S/4C5H11NO2S.Tc/c4*1-2-6-4(3-9)5(7)8;/h4*4,6,9H,2-3H2,1H3,(H,7,8);/t4*4-;/m0000./s1. The Hall–Kier alpha value is -0.231. The van der Waals surface area contributed by atoms with Gasteiger partial charge in [0.2, 0.25) is 0 Å². The van der Waals surface area contributed by atoms with Crippen molar-refractivity contribution in [1.82, 2.24) is 21.3 Å². The Morgan fingerprint density at radius 1 is 0.486 bits per heavy atom. The van der Waals surface area contributed by atoms with Crippen LogP contribution in [0.25, 0.3) is 0 Å². The van der Waals surface area contributed by atoms with Crippen molar-refractivity contribution in [3.63, 3.8) is 0 Å². The van der Waals surface area contributed by atoms with E-state index in [0.29, 0.717) is 49.2 Å². The Balaban J connectivity index is -0.000000122. The second-order valence-corrected chi connectivity index (χ2v) is 7.98. The molecule has 0 aromatic carbocycles. The zero-order valence-electron chi connectivity index (χ0n) is 21.6. The van der Waals surface area contributed by atoms with Gasteiger partial charge >= 0.3 is 23.9 Å². The zero-order chi connectivity index (χ0) is 29.1. The molecule has 0 aliphatic heterocycles. The number of hydrogen-bond acceptors (Lipinski definition) is 12. The molecular formula is C20H44N4O8S4Tc. The van der Waals surface area contributed by atoms with Gasteiger partial charge in [-0.05, 0) is 26.2 Å². The molecule has 0 fully saturated rings. The number of aliphatic carboxylic acids is 4. The molecule has 12 nitrogen and oxygen atoms in total. The van der Waals surface area contributed by atoms with E-state index in [1.165, 1.54) is 0 Å². The molecule has 0 aromatic heterocycles. The smallest absolute Gasteiger partial charge is 0.321 e. The molecule has 0 aromatic rings. The molecule has 1 radical (unpaired) electrons. The minimum atomic E-state index is -0.841. The Kier molecular flexibility index (Phi) is 42.6. The number of carboxylic acids is 4. The molecule has 4 atom stereocenters. The van der Waals surface area contributed by atoms with Crippen LogP contribution in [0, 0.1) is 0 Å². The predicted octanol–water partition coefficient (Wildman–Crippen LogP) is -0.0869. The first-order valence-corrected chi connectivity index (χ1v) is 13.7. The van der Waals surface area contributed by atoms with Crippen LogP contribution in [0.3, 0.4) is 0 Å². The van der Waals surface area contributed by atoms with Crippen molar-refractivity contribution in [2.75, 3.05) is 49.2 Å². The van der Waals surface area contributed by atoms with Gasteiger partial charge in [-0.25, -0.2) is 0 Å². The van der Waals surface area contributed by atoms with Gasteiger partial charge in [0.15, 0.2) is 0 Å². The molecule has 0 aliphatic carbocycles. The van der Waals surface area contributed by atoms with Crippen molar-refractivity contribution < 1.29 is 59.7 Å². The van der Waals surface area contributed by atoms with Gasteiger partial charge in [-0.1, -0.05) is 27.7 Å². The first kappa shape index (κ1) is 46.6. The molecule has 0 spiro atoms. The number of hydrogen-bond donors (Lipinski definition) is 12. The molecule has 0 heterocycles. The van der Waals surface area contributed by atoms with Crippen LogP contribution in [-0.4, -0.2) is 118 Å². The van der Waals surface area contributed by atoms with E-state index in [-0.39, 0.29) is 20.1 Å². The number of carboxylic acid groups (broad SMARTS) is 4. The molecule has 223 valence electrons. The number of nitrogens with one attached hydrogen (secondary N) is 4. The molecule has 17 heteroatoms. The Bertz CT molecular complexity index is 490. The van der Waals surface area contributed by atoms with Gasteiger partial charge < -0.3 is 41.7 Å². The van der Waals surface area contributed by atoms with Crippen molar-refractivity contribution in [2.45, 2.75) is 51.9 Å². The van der Waals surface area contributed by atoms with E-state index < -0.39 is 48.0 Å². The van der Waals surface area contributed by atoms with Crippen molar-refractivity contribution in [1.29, 1.82) is 0 Å². The Morgan fingerprint density at radius 3 is 0.649 bits per heavy atom. The quantitative estimate of drug-likeness (QED) is 0.0962. The number of thiol groups is 4. The third-order valence-corrected chi connectivity index (χ3v) is 5.19. The summed E-state index contributed by atoms with van der Waals surface area (Å²) in [4.78, 5) is 40.8. The van der Waals surface area contributed by atoms with E-state index >= 15 is 0 Å². The van der Waals surface area contributed by atoms with E-state index in [9.17, 15) is 19.2 Å². The molecule has 0 amide bonds. The molecule has 0 aliphatic rings. The fourth-order valence-corrected chi connectivity index (χ4v) is 3.05. The second kappa shape index (κ2) is 33.8. The molecule has 0 unspecified atom stereocenters. The monoisotopic (exact) mass is 693 g/mol. The van der Waals surface area contributed by atoms with Gasteiger partial charge in [0.25, 0.3) is 0 Å². The van der Waals surface area contributed by atoms with Gasteiger partial charge in [0, 0.05) is 43.1 Å². The fraction of sp³-hybridized carbons (Fsp3) is 0.800. The number of carbonyl (C=O) groups is 4. The van der Waals surface area contributed by atoms with Crippen LogP contribution in [0.1, 0.15) is 27.7 Å². The van der Waals surface area contributed by atoms with E-state index in [1.54, 1.807) is 0 Å². The van der Waals surface area contributed by atoms with Crippen molar-refractivity contribution in [3.8, 4) is 0 Å². The normalized spacial score (nSPS) is 12.8. The van der Waals surface area contributed by atoms with Gasteiger partial charge in [-0.15, -0.1) is 0 Å².